The van der Waals surface area contributed by atoms with Crippen molar-refractivity contribution < 1.29 is 4.74 Å². The molecule has 0 aliphatic carbocycles. The van der Waals surface area contributed by atoms with E-state index < -0.39 is 0 Å². The van der Waals surface area contributed by atoms with Crippen molar-refractivity contribution in [3.63, 3.8) is 0 Å². The van der Waals surface area contributed by atoms with Crippen LogP contribution in [0, 0.1) is 0 Å². The van der Waals surface area contributed by atoms with E-state index in [1.807, 2.05) is 12.1 Å². The first-order chi connectivity index (χ1) is 10.2. The highest BCUT2D eigenvalue weighted by atomic mass is 16.5. The molecule has 2 N–H and O–H groups in total. The highest BCUT2D eigenvalue weighted by molar-refractivity contribution is 5.54. The molecule has 0 fully saturated rings. The standard InChI is InChI=1S/C15H21N5O/c1-11(2)12-4-6-13(7-5-12)18-15-19-14(10-17-20-15)16-8-9-21-3/h4-7,10-11H,8-9H2,1-3H3,(H2,16,18,19,20). The first-order valence-electron chi connectivity index (χ1n) is 6.98. The Morgan fingerprint density at radius 1 is 1.19 bits per heavy atom. The minimum Gasteiger partial charge on any atom is -0.383 e. The van der Waals surface area contributed by atoms with Crippen molar-refractivity contribution in [2.24, 2.45) is 0 Å². The van der Waals surface area contributed by atoms with Gasteiger partial charge in [0.1, 0.15) is 0 Å². The molecular formula is C15H21N5O. The molecule has 0 saturated heterocycles. The van der Waals surface area contributed by atoms with Crippen LogP contribution in [-0.4, -0.2) is 35.4 Å². The Morgan fingerprint density at radius 2 is 1.95 bits per heavy atom. The molecular weight excluding hydrogens is 266 g/mol. The Bertz CT molecular complexity index is 556. The van der Waals surface area contributed by atoms with Gasteiger partial charge in [0, 0.05) is 19.3 Å². The summed E-state index contributed by atoms with van der Waals surface area (Å²) in [6.07, 6.45) is 1.59. The van der Waals surface area contributed by atoms with Gasteiger partial charge in [-0.2, -0.15) is 10.1 Å². The average molecular weight is 287 g/mol. The molecule has 1 aromatic heterocycles. The lowest BCUT2D eigenvalue weighted by molar-refractivity contribution is 0.210. The minimum atomic E-state index is 0.467. The van der Waals surface area contributed by atoms with Gasteiger partial charge < -0.3 is 15.4 Å². The number of aromatic nitrogens is 3. The Hall–Kier alpha value is -2.21. The highest BCUT2D eigenvalue weighted by Crippen LogP contribution is 2.19. The van der Waals surface area contributed by atoms with E-state index in [1.54, 1.807) is 13.3 Å². The molecule has 2 rings (SSSR count). The maximum absolute atomic E-state index is 4.98. The molecule has 1 aromatic carbocycles. The predicted molar refractivity (Wildman–Crippen MR) is 84.0 cm³/mol. The van der Waals surface area contributed by atoms with E-state index in [4.69, 9.17) is 4.74 Å². The summed E-state index contributed by atoms with van der Waals surface area (Å²) in [4.78, 5) is 4.35. The molecule has 112 valence electrons. The molecule has 21 heavy (non-hydrogen) atoms. The molecule has 0 atom stereocenters. The van der Waals surface area contributed by atoms with Crippen LogP contribution in [-0.2, 0) is 4.74 Å². The molecule has 6 heteroatoms. The lowest BCUT2D eigenvalue weighted by Gasteiger charge is -2.09. The Kier molecular flexibility index (Phi) is 5.45. The maximum atomic E-state index is 4.98. The second kappa shape index (κ2) is 7.54. The van der Waals surface area contributed by atoms with Crippen molar-refractivity contribution >= 4 is 17.5 Å². The molecule has 0 aliphatic heterocycles. The molecule has 0 bridgehead atoms. The molecule has 0 unspecified atom stereocenters. The van der Waals surface area contributed by atoms with Crippen LogP contribution in [0.5, 0.6) is 0 Å². The molecule has 2 aromatic rings. The van der Waals surface area contributed by atoms with Crippen LogP contribution in [0.25, 0.3) is 0 Å². The van der Waals surface area contributed by atoms with Gasteiger partial charge in [-0.05, 0) is 23.6 Å². The zero-order valence-electron chi connectivity index (χ0n) is 12.6. The van der Waals surface area contributed by atoms with Crippen molar-refractivity contribution in [3.05, 3.63) is 36.0 Å². The third-order valence-corrected chi connectivity index (χ3v) is 3.00. The fourth-order valence-corrected chi connectivity index (χ4v) is 1.80. The quantitative estimate of drug-likeness (QED) is 0.763. The Morgan fingerprint density at radius 3 is 2.62 bits per heavy atom. The number of nitrogens with one attached hydrogen (secondary N) is 2. The van der Waals surface area contributed by atoms with Crippen LogP contribution in [0.4, 0.5) is 17.5 Å². The van der Waals surface area contributed by atoms with Gasteiger partial charge in [0.15, 0.2) is 5.82 Å². The number of benzene rings is 1. The SMILES string of the molecule is COCCNc1cnnc(Nc2ccc(C(C)C)cc2)n1. The van der Waals surface area contributed by atoms with Crippen molar-refractivity contribution in [1.29, 1.82) is 0 Å². The van der Waals surface area contributed by atoms with Crippen LogP contribution in [0.2, 0.25) is 0 Å². The number of hydrogen-bond donors (Lipinski definition) is 2. The van der Waals surface area contributed by atoms with Crippen molar-refractivity contribution in [3.8, 4) is 0 Å². The molecule has 0 radical (unpaired) electrons. The monoisotopic (exact) mass is 287 g/mol. The van der Waals surface area contributed by atoms with Crippen LogP contribution in [0.1, 0.15) is 25.3 Å². The van der Waals surface area contributed by atoms with Gasteiger partial charge in [-0.1, -0.05) is 26.0 Å². The summed E-state index contributed by atoms with van der Waals surface area (Å²) in [6, 6.07) is 8.23. The molecule has 6 nitrogen and oxygen atoms in total. The largest absolute Gasteiger partial charge is 0.383 e. The predicted octanol–water partition coefficient (Wildman–Crippen LogP) is 2.80. The molecule has 0 amide bonds. The number of rotatable bonds is 7. The van der Waals surface area contributed by atoms with E-state index >= 15 is 0 Å². The molecule has 1 heterocycles. The lowest BCUT2D eigenvalue weighted by atomic mass is 10.0. The second-order valence-corrected chi connectivity index (χ2v) is 4.99. The summed E-state index contributed by atoms with van der Waals surface area (Å²) in [6.45, 7) is 5.64. The number of ether oxygens (including phenoxy) is 1. The van der Waals surface area contributed by atoms with Gasteiger partial charge in [-0.15, -0.1) is 5.10 Å². The molecule has 0 saturated carbocycles. The normalized spacial score (nSPS) is 10.7. The van der Waals surface area contributed by atoms with E-state index in [-0.39, 0.29) is 0 Å². The summed E-state index contributed by atoms with van der Waals surface area (Å²) < 4.78 is 4.98. The third-order valence-electron chi connectivity index (χ3n) is 3.00. The van der Waals surface area contributed by atoms with Crippen LogP contribution in [0.3, 0.4) is 0 Å². The van der Waals surface area contributed by atoms with Gasteiger partial charge in [-0.25, -0.2) is 0 Å². The van der Waals surface area contributed by atoms with Crippen LogP contribution < -0.4 is 10.6 Å². The lowest BCUT2D eigenvalue weighted by Crippen LogP contribution is -2.10. The third kappa shape index (κ3) is 4.68. The number of nitrogens with zero attached hydrogens (tertiary/aromatic N) is 3. The fraction of sp³-hybridized carbons (Fsp3) is 0.400. The van der Waals surface area contributed by atoms with Gasteiger partial charge in [-0.3, -0.25) is 0 Å². The van der Waals surface area contributed by atoms with Gasteiger partial charge in [0.25, 0.3) is 0 Å². The van der Waals surface area contributed by atoms with E-state index in [0.717, 1.165) is 5.69 Å². The second-order valence-electron chi connectivity index (χ2n) is 4.99. The Labute approximate surface area is 125 Å². The molecule has 0 spiro atoms. The van der Waals surface area contributed by atoms with E-state index in [0.29, 0.717) is 30.8 Å². The van der Waals surface area contributed by atoms with Crippen molar-refractivity contribution in [2.75, 3.05) is 30.9 Å². The zero-order chi connectivity index (χ0) is 15.1. The van der Waals surface area contributed by atoms with Crippen LogP contribution >= 0.6 is 0 Å². The Balaban J connectivity index is 2.00. The maximum Gasteiger partial charge on any atom is 0.249 e. The summed E-state index contributed by atoms with van der Waals surface area (Å²) in [7, 11) is 1.66. The average Bonchev–Trinajstić information content (AvgIpc) is 2.48. The van der Waals surface area contributed by atoms with E-state index in [1.165, 1.54) is 5.56 Å². The summed E-state index contributed by atoms with van der Waals surface area (Å²) in [5, 5.41) is 14.2. The minimum absolute atomic E-state index is 0.467. The van der Waals surface area contributed by atoms with Crippen molar-refractivity contribution in [1.82, 2.24) is 15.2 Å². The number of methoxy groups -OCH3 is 1. The van der Waals surface area contributed by atoms with Crippen LogP contribution in [0.15, 0.2) is 30.5 Å². The first kappa shape index (κ1) is 15.2. The van der Waals surface area contributed by atoms with Gasteiger partial charge >= 0.3 is 0 Å². The topological polar surface area (TPSA) is 72.0 Å². The van der Waals surface area contributed by atoms with Gasteiger partial charge in [0.05, 0.1) is 12.8 Å². The van der Waals surface area contributed by atoms with E-state index in [2.05, 4.69) is 51.8 Å². The number of anilines is 3. The summed E-state index contributed by atoms with van der Waals surface area (Å²) in [5.74, 6) is 1.66. The zero-order valence-corrected chi connectivity index (χ0v) is 12.6. The smallest absolute Gasteiger partial charge is 0.249 e. The fourth-order valence-electron chi connectivity index (χ4n) is 1.80. The first-order valence-corrected chi connectivity index (χ1v) is 6.98. The van der Waals surface area contributed by atoms with Gasteiger partial charge in [0.2, 0.25) is 5.95 Å². The summed E-state index contributed by atoms with van der Waals surface area (Å²) in [5.41, 5.74) is 2.24. The van der Waals surface area contributed by atoms with Crippen molar-refractivity contribution in [2.45, 2.75) is 19.8 Å². The number of hydrogen-bond acceptors (Lipinski definition) is 6. The molecule has 0 aliphatic rings. The highest BCUT2D eigenvalue weighted by Gasteiger charge is 2.02. The van der Waals surface area contributed by atoms with E-state index in [9.17, 15) is 0 Å². The summed E-state index contributed by atoms with van der Waals surface area (Å²) >= 11 is 0.